The van der Waals surface area contributed by atoms with Gasteiger partial charge in [-0.2, -0.15) is 13.2 Å². The van der Waals surface area contributed by atoms with E-state index in [1.54, 1.807) is 6.92 Å². The first kappa shape index (κ1) is 13.9. The summed E-state index contributed by atoms with van der Waals surface area (Å²) in [5, 5.41) is 9.56. The zero-order chi connectivity index (χ0) is 15.0. The van der Waals surface area contributed by atoms with Gasteiger partial charge in [-0.25, -0.2) is 0 Å². The lowest BCUT2D eigenvalue weighted by molar-refractivity contribution is -0.138. The van der Waals surface area contributed by atoms with Crippen LogP contribution in [0.15, 0.2) is 34.7 Å². The van der Waals surface area contributed by atoms with Crippen molar-refractivity contribution in [3.8, 4) is 0 Å². The lowest BCUT2D eigenvalue weighted by Crippen LogP contribution is -2.04. The third-order valence-electron chi connectivity index (χ3n) is 2.88. The van der Waals surface area contributed by atoms with Gasteiger partial charge in [0, 0.05) is 5.39 Å². The minimum Gasteiger partial charge on any atom is -0.459 e. The normalized spacial score (nSPS) is 13.5. The maximum atomic E-state index is 12.5. The highest BCUT2D eigenvalue weighted by Gasteiger charge is 2.35. The Morgan fingerprint density at radius 2 is 2.00 bits per heavy atom. The van der Waals surface area contributed by atoms with Crippen LogP contribution >= 0.6 is 11.3 Å². The fourth-order valence-corrected chi connectivity index (χ4v) is 2.57. The summed E-state index contributed by atoms with van der Waals surface area (Å²) in [5.74, 6) is 0.625. The van der Waals surface area contributed by atoms with Crippen LogP contribution in [0.1, 0.15) is 23.7 Å². The Kier molecular flexibility index (Phi) is 3.32. The predicted octanol–water partition coefficient (Wildman–Crippen LogP) is 4.48. The number of halogens is 3. The minimum absolute atomic E-state index is 0.107. The van der Waals surface area contributed by atoms with Crippen molar-refractivity contribution in [2.75, 3.05) is 5.32 Å². The van der Waals surface area contributed by atoms with Gasteiger partial charge >= 0.3 is 6.18 Å². The summed E-state index contributed by atoms with van der Waals surface area (Å²) in [6.45, 7) is 1.78. The molecular formula is C13H10F3N3OS. The molecule has 1 aromatic carbocycles. The molecule has 2 heterocycles. The summed E-state index contributed by atoms with van der Waals surface area (Å²) in [5.41, 5.74) is 0.731. The second-order valence-electron chi connectivity index (χ2n) is 4.46. The molecule has 1 atom stereocenters. The fourth-order valence-electron chi connectivity index (χ4n) is 1.87. The lowest BCUT2D eigenvalue weighted by Gasteiger charge is -2.08. The molecule has 4 nitrogen and oxygen atoms in total. The first-order valence-corrected chi connectivity index (χ1v) is 6.91. The molecular weight excluding hydrogens is 303 g/mol. The van der Waals surface area contributed by atoms with Gasteiger partial charge in [0.25, 0.3) is 0 Å². The molecule has 1 N–H and O–H groups in total. The van der Waals surface area contributed by atoms with E-state index in [0.29, 0.717) is 17.1 Å². The van der Waals surface area contributed by atoms with Crippen LogP contribution in [0.25, 0.3) is 11.0 Å². The molecule has 0 fully saturated rings. The van der Waals surface area contributed by atoms with Crippen molar-refractivity contribution in [2.45, 2.75) is 19.1 Å². The topological polar surface area (TPSA) is 51.0 Å². The molecule has 21 heavy (non-hydrogen) atoms. The number of anilines is 1. The van der Waals surface area contributed by atoms with Gasteiger partial charge in [0.15, 0.2) is 0 Å². The van der Waals surface area contributed by atoms with E-state index in [1.807, 2.05) is 30.3 Å². The molecule has 0 unspecified atom stereocenters. The number of rotatable bonds is 3. The number of nitrogens with one attached hydrogen (secondary N) is 1. The van der Waals surface area contributed by atoms with E-state index in [9.17, 15) is 13.2 Å². The monoisotopic (exact) mass is 313 g/mol. The summed E-state index contributed by atoms with van der Waals surface area (Å²) >= 11 is 0.470. The molecule has 0 saturated heterocycles. The summed E-state index contributed by atoms with van der Waals surface area (Å²) in [7, 11) is 0. The van der Waals surface area contributed by atoms with Gasteiger partial charge in [-0.15, -0.1) is 10.2 Å². The standard InChI is InChI=1S/C13H10F3N3OS/c1-7(10-6-8-4-2-3-5-9(8)20-10)17-12-19-18-11(21-12)13(14,15)16/h2-7H,1H3,(H,17,19)/t7-/m1/s1. The molecule has 8 heteroatoms. The third kappa shape index (κ3) is 2.85. The van der Waals surface area contributed by atoms with Crippen molar-refractivity contribution in [3.63, 3.8) is 0 Å². The molecule has 3 aromatic rings. The molecule has 2 aromatic heterocycles. The Morgan fingerprint density at radius 1 is 1.24 bits per heavy atom. The van der Waals surface area contributed by atoms with Crippen LogP contribution in [0.4, 0.5) is 18.3 Å². The van der Waals surface area contributed by atoms with E-state index in [2.05, 4.69) is 15.5 Å². The number of aromatic nitrogens is 2. The van der Waals surface area contributed by atoms with E-state index in [4.69, 9.17) is 4.42 Å². The number of nitrogens with zero attached hydrogens (tertiary/aromatic N) is 2. The van der Waals surface area contributed by atoms with Crippen LogP contribution < -0.4 is 5.32 Å². The maximum Gasteiger partial charge on any atom is 0.445 e. The Labute approximate surface area is 121 Å². The largest absolute Gasteiger partial charge is 0.459 e. The van der Waals surface area contributed by atoms with Crippen LogP contribution in [0.5, 0.6) is 0 Å². The van der Waals surface area contributed by atoms with Gasteiger partial charge < -0.3 is 9.73 Å². The minimum atomic E-state index is -4.47. The number of alkyl halides is 3. The number of fused-ring (bicyclic) bond motifs is 1. The van der Waals surface area contributed by atoms with E-state index >= 15 is 0 Å². The Bertz CT molecular complexity index is 732. The van der Waals surface area contributed by atoms with E-state index in [1.165, 1.54) is 0 Å². The molecule has 0 aliphatic heterocycles. The predicted molar refractivity (Wildman–Crippen MR) is 73.2 cm³/mol. The highest BCUT2D eigenvalue weighted by Crippen LogP contribution is 2.34. The average molecular weight is 313 g/mol. The summed E-state index contributed by atoms with van der Waals surface area (Å²) in [6.07, 6.45) is -4.47. The first-order valence-electron chi connectivity index (χ1n) is 6.09. The molecule has 0 aliphatic rings. The van der Waals surface area contributed by atoms with Gasteiger partial charge in [0.05, 0.1) is 6.04 Å². The van der Waals surface area contributed by atoms with Crippen LogP contribution in [-0.4, -0.2) is 10.2 Å². The summed E-state index contributed by atoms with van der Waals surface area (Å²) in [6, 6.07) is 9.01. The second-order valence-corrected chi connectivity index (χ2v) is 5.44. The van der Waals surface area contributed by atoms with Crippen molar-refractivity contribution >= 4 is 27.4 Å². The zero-order valence-electron chi connectivity index (χ0n) is 10.8. The quantitative estimate of drug-likeness (QED) is 0.775. The average Bonchev–Trinajstić information content (AvgIpc) is 3.03. The number of hydrogen-bond acceptors (Lipinski definition) is 5. The Balaban J connectivity index is 1.79. The van der Waals surface area contributed by atoms with Gasteiger partial charge in [-0.1, -0.05) is 29.5 Å². The van der Waals surface area contributed by atoms with Gasteiger partial charge in [-0.05, 0) is 19.1 Å². The summed E-state index contributed by atoms with van der Waals surface area (Å²) < 4.78 is 43.0. The third-order valence-corrected chi connectivity index (χ3v) is 3.78. The highest BCUT2D eigenvalue weighted by molar-refractivity contribution is 7.15. The second kappa shape index (κ2) is 5.03. The number of benzene rings is 1. The van der Waals surface area contributed by atoms with Crippen LogP contribution in [-0.2, 0) is 6.18 Å². The molecule has 0 aliphatic carbocycles. The van der Waals surface area contributed by atoms with Crippen LogP contribution in [0.3, 0.4) is 0 Å². The van der Waals surface area contributed by atoms with Crippen molar-refractivity contribution in [1.29, 1.82) is 0 Å². The maximum absolute atomic E-state index is 12.5. The number of hydrogen-bond donors (Lipinski definition) is 1. The van der Waals surface area contributed by atoms with Crippen molar-refractivity contribution < 1.29 is 17.6 Å². The van der Waals surface area contributed by atoms with Gasteiger partial charge in [0.2, 0.25) is 10.1 Å². The fraction of sp³-hybridized carbons (Fsp3) is 0.231. The van der Waals surface area contributed by atoms with E-state index < -0.39 is 11.2 Å². The van der Waals surface area contributed by atoms with Crippen LogP contribution in [0, 0.1) is 0 Å². The number of furan rings is 1. The van der Waals surface area contributed by atoms with Gasteiger partial charge in [-0.3, -0.25) is 0 Å². The van der Waals surface area contributed by atoms with Crippen molar-refractivity contribution in [1.82, 2.24) is 10.2 Å². The zero-order valence-corrected chi connectivity index (χ0v) is 11.6. The van der Waals surface area contributed by atoms with Crippen LogP contribution in [0.2, 0.25) is 0 Å². The molecule has 0 saturated carbocycles. The molecule has 110 valence electrons. The SMILES string of the molecule is C[C@@H](Nc1nnc(C(F)(F)F)s1)c1cc2ccccc2o1. The number of para-hydroxylation sites is 1. The molecule has 3 rings (SSSR count). The Hall–Kier alpha value is -2.09. The van der Waals surface area contributed by atoms with Crippen molar-refractivity contribution in [3.05, 3.63) is 41.1 Å². The smallest absolute Gasteiger partial charge is 0.445 e. The van der Waals surface area contributed by atoms with E-state index in [0.717, 1.165) is 11.0 Å². The Morgan fingerprint density at radius 3 is 2.67 bits per heavy atom. The van der Waals surface area contributed by atoms with Crippen molar-refractivity contribution in [2.24, 2.45) is 0 Å². The lowest BCUT2D eigenvalue weighted by atomic mass is 10.2. The summed E-state index contributed by atoms with van der Waals surface area (Å²) in [4.78, 5) is 0. The van der Waals surface area contributed by atoms with E-state index in [-0.39, 0.29) is 11.2 Å². The van der Waals surface area contributed by atoms with Gasteiger partial charge in [0.1, 0.15) is 11.3 Å². The molecule has 0 bridgehead atoms. The molecule has 0 amide bonds. The first-order chi connectivity index (χ1) is 9.93. The molecule has 0 spiro atoms. The highest BCUT2D eigenvalue weighted by atomic mass is 32.1. The molecule has 0 radical (unpaired) electrons.